The smallest absolute Gasteiger partial charge is 0.115 e. The van der Waals surface area contributed by atoms with Gasteiger partial charge in [0.15, 0.2) is 0 Å². The molecule has 0 amide bonds. The molecule has 0 N–H and O–H groups in total. The molecule has 1 saturated carbocycles. The van der Waals surface area contributed by atoms with Crippen molar-refractivity contribution in [2.75, 3.05) is 0 Å². The molecule has 0 unspecified atom stereocenters. The van der Waals surface area contributed by atoms with Crippen molar-refractivity contribution in [1.29, 1.82) is 0 Å². The molecule has 0 spiro atoms. The molecule has 2 rings (SSSR count). The van der Waals surface area contributed by atoms with Gasteiger partial charge in [-0.15, -0.1) is 0 Å². The highest BCUT2D eigenvalue weighted by Crippen LogP contribution is 2.41. The predicted octanol–water partition coefficient (Wildman–Crippen LogP) is 4.66. The largest absolute Gasteiger partial charge is 0.468 e. The molecule has 1 nitrogen and oxygen atoms in total. The number of furan rings is 1. The van der Waals surface area contributed by atoms with Crippen molar-refractivity contribution < 1.29 is 4.42 Å². The van der Waals surface area contributed by atoms with Crippen molar-refractivity contribution in [2.24, 2.45) is 0 Å². The van der Waals surface area contributed by atoms with E-state index in [0.717, 1.165) is 11.0 Å². The maximum Gasteiger partial charge on any atom is 0.115 e. The Kier molecular flexibility index (Phi) is 3.88. The van der Waals surface area contributed by atoms with E-state index < -0.39 is 0 Å². The maximum absolute atomic E-state index is 5.27. The zero-order valence-corrected chi connectivity index (χ0v) is 10.1. The van der Waals surface area contributed by atoms with Gasteiger partial charge in [-0.3, -0.25) is 0 Å². The summed E-state index contributed by atoms with van der Waals surface area (Å²) in [6.07, 6.45) is 8.85. The lowest BCUT2D eigenvalue weighted by Crippen LogP contribution is -2.06. The van der Waals surface area contributed by atoms with Gasteiger partial charge in [0.1, 0.15) is 5.76 Å². The van der Waals surface area contributed by atoms with E-state index in [2.05, 4.69) is 6.07 Å². The van der Waals surface area contributed by atoms with Crippen LogP contribution in [0.5, 0.6) is 0 Å². The first-order valence-electron chi connectivity index (χ1n) is 5.23. The summed E-state index contributed by atoms with van der Waals surface area (Å²) in [5.41, 5.74) is 0. The Morgan fingerprint density at radius 2 is 2.07 bits per heavy atom. The number of aryl methyl sites for hydroxylation is 1. The summed E-state index contributed by atoms with van der Waals surface area (Å²) in [7, 11) is 3.91. The van der Waals surface area contributed by atoms with Gasteiger partial charge in [-0.25, -0.2) is 0 Å². The Morgan fingerprint density at radius 1 is 1.29 bits per heavy atom. The standard InChI is InChI=1S/C11H16OS2/c1-9-11(7-8-12-9)14-13-10-5-3-2-4-6-10/h7-8,10H,2-6H2,1H3. The van der Waals surface area contributed by atoms with Crippen LogP contribution in [0.1, 0.15) is 37.9 Å². The van der Waals surface area contributed by atoms with E-state index in [1.54, 1.807) is 6.26 Å². The minimum absolute atomic E-state index is 0.864. The average molecular weight is 228 g/mol. The van der Waals surface area contributed by atoms with Gasteiger partial charge in [-0.2, -0.15) is 0 Å². The molecule has 1 aromatic rings. The topological polar surface area (TPSA) is 13.1 Å². The number of hydrogen-bond acceptors (Lipinski definition) is 3. The third-order valence-corrected chi connectivity index (χ3v) is 5.72. The molecule has 3 heteroatoms. The average Bonchev–Trinajstić information content (AvgIpc) is 2.63. The Morgan fingerprint density at radius 3 is 2.71 bits per heavy atom. The molecular formula is C11H16OS2. The zero-order valence-electron chi connectivity index (χ0n) is 8.49. The Hall–Kier alpha value is -0.0200. The molecule has 14 heavy (non-hydrogen) atoms. The summed E-state index contributed by atoms with van der Waals surface area (Å²) in [5, 5.41) is 0.864. The third-order valence-electron chi connectivity index (χ3n) is 2.64. The molecule has 0 aliphatic heterocycles. The van der Waals surface area contributed by atoms with Gasteiger partial charge in [-0.1, -0.05) is 40.9 Å². The minimum atomic E-state index is 0.864. The first-order valence-corrected chi connectivity index (χ1v) is 7.45. The van der Waals surface area contributed by atoms with Crippen LogP contribution < -0.4 is 0 Å². The molecule has 78 valence electrons. The lowest BCUT2D eigenvalue weighted by molar-refractivity contribution is 0.517. The Bertz CT molecular complexity index is 277. The van der Waals surface area contributed by atoms with Crippen LogP contribution in [0.2, 0.25) is 0 Å². The van der Waals surface area contributed by atoms with E-state index in [1.165, 1.54) is 37.0 Å². The molecule has 0 aromatic carbocycles. The lowest BCUT2D eigenvalue weighted by Gasteiger charge is -2.19. The van der Waals surface area contributed by atoms with Gasteiger partial charge in [0.25, 0.3) is 0 Å². The second-order valence-electron chi connectivity index (χ2n) is 3.78. The molecule has 0 saturated heterocycles. The first-order chi connectivity index (χ1) is 6.86. The zero-order chi connectivity index (χ0) is 9.80. The summed E-state index contributed by atoms with van der Waals surface area (Å²) in [6, 6.07) is 2.07. The van der Waals surface area contributed by atoms with Crippen molar-refractivity contribution in [3.63, 3.8) is 0 Å². The molecule has 0 radical (unpaired) electrons. The summed E-state index contributed by atoms with van der Waals surface area (Å²) < 4.78 is 5.27. The van der Waals surface area contributed by atoms with E-state index in [-0.39, 0.29) is 0 Å². The third kappa shape index (κ3) is 2.74. The van der Waals surface area contributed by atoms with Crippen LogP contribution in [0.3, 0.4) is 0 Å². The summed E-state index contributed by atoms with van der Waals surface area (Å²) in [6.45, 7) is 2.03. The minimum Gasteiger partial charge on any atom is -0.468 e. The molecule has 1 heterocycles. The SMILES string of the molecule is Cc1occc1SSC1CCCCC1. The molecule has 0 bridgehead atoms. The van der Waals surface area contributed by atoms with E-state index in [4.69, 9.17) is 4.42 Å². The van der Waals surface area contributed by atoms with Crippen LogP contribution in [0.4, 0.5) is 0 Å². The lowest BCUT2D eigenvalue weighted by atomic mass is 10.0. The predicted molar refractivity (Wildman–Crippen MR) is 63.8 cm³/mol. The molecule has 0 atom stereocenters. The summed E-state index contributed by atoms with van der Waals surface area (Å²) in [4.78, 5) is 1.29. The summed E-state index contributed by atoms with van der Waals surface area (Å²) in [5.74, 6) is 1.05. The quantitative estimate of drug-likeness (QED) is 0.698. The normalized spacial score (nSPS) is 18.6. The monoisotopic (exact) mass is 228 g/mol. The fourth-order valence-corrected chi connectivity index (χ4v) is 4.60. The summed E-state index contributed by atoms with van der Waals surface area (Å²) >= 11 is 0. The fourth-order valence-electron chi connectivity index (χ4n) is 1.74. The fraction of sp³-hybridized carbons (Fsp3) is 0.636. The van der Waals surface area contributed by atoms with Crippen LogP contribution in [0.15, 0.2) is 21.6 Å². The molecular weight excluding hydrogens is 212 g/mol. The van der Waals surface area contributed by atoms with Gasteiger partial charge in [-0.05, 0) is 25.8 Å². The molecule has 1 aromatic heterocycles. The molecule has 1 aliphatic carbocycles. The Balaban J connectivity index is 1.79. The highest BCUT2D eigenvalue weighted by molar-refractivity contribution is 8.77. The van der Waals surface area contributed by atoms with Gasteiger partial charge in [0.05, 0.1) is 11.2 Å². The second kappa shape index (κ2) is 5.17. The van der Waals surface area contributed by atoms with E-state index >= 15 is 0 Å². The van der Waals surface area contributed by atoms with Crippen LogP contribution in [-0.2, 0) is 0 Å². The van der Waals surface area contributed by atoms with Crippen LogP contribution in [-0.4, -0.2) is 5.25 Å². The van der Waals surface area contributed by atoms with Crippen LogP contribution in [0, 0.1) is 6.92 Å². The van der Waals surface area contributed by atoms with Gasteiger partial charge < -0.3 is 4.42 Å². The van der Waals surface area contributed by atoms with E-state index in [0.29, 0.717) is 0 Å². The van der Waals surface area contributed by atoms with E-state index in [1.807, 2.05) is 28.5 Å². The van der Waals surface area contributed by atoms with Crippen LogP contribution in [0.25, 0.3) is 0 Å². The first kappa shape index (κ1) is 10.5. The highest BCUT2D eigenvalue weighted by atomic mass is 33.1. The van der Waals surface area contributed by atoms with Crippen molar-refractivity contribution in [3.05, 3.63) is 18.1 Å². The van der Waals surface area contributed by atoms with Gasteiger partial charge in [0.2, 0.25) is 0 Å². The van der Waals surface area contributed by atoms with Crippen molar-refractivity contribution in [3.8, 4) is 0 Å². The van der Waals surface area contributed by atoms with Crippen molar-refractivity contribution in [1.82, 2.24) is 0 Å². The van der Waals surface area contributed by atoms with Crippen molar-refractivity contribution in [2.45, 2.75) is 49.2 Å². The number of rotatable bonds is 3. The van der Waals surface area contributed by atoms with E-state index in [9.17, 15) is 0 Å². The number of hydrogen-bond donors (Lipinski definition) is 0. The van der Waals surface area contributed by atoms with Gasteiger partial charge in [0, 0.05) is 5.25 Å². The highest BCUT2D eigenvalue weighted by Gasteiger charge is 2.15. The molecule has 1 fully saturated rings. The Labute approximate surface area is 93.4 Å². The van der Waals surface area contributed by atoms with Crippen molar-refractivity contribution >= 4 is 21.6 Å². The molecule has 1 aliphatic rings. The second-order valence-corrected chi connectivity index (χ2v) is 6.32. The van der Waals surface area contributed by atoms with Crippen LogP contribution >= 0.6 is 21.6 Å². The van der Waals surface area contributed by atoms with Gasteiger partial charge >= 0.3 is 0 Å². The maximum atomic E-state index is 5.27.